The second-order valence-corrected chi connectivity index (χ2v) is 4.50. The first-order chi connectivity index (χ1) is 6.74. The van der Waals surface area contributed by atoms with E-state index in [0.29, 0.717) is 6.04 Å². The molecule has 0 aliphatic rings. The number of hydrogen-bond donors (Lipinski definition) is 1. The van der Waals surface area contributed by atoms with E-state index in [0.717, 1.165) is 11.0 Å². The summed E-state index contributed by atoms with van der Waals surface area (Å²) in [7, 11) is 0. The maximum Gasteiger partial charge on any atom is 0.0292 e. The average Bonchev–Trinajstić information content (AvgIpc) is 2.18. The molecule has 14 heavy (non-hydrogen) atoms. The Morgan fingerprint density at radius 1 is 1.43 bits per heavy atom. The summed E-state index contributed by atoms with van der Waals surface area (Å²) < 4.78 is 1.15. The van der Waals surface area contributed by atoms with Gasteiger partial charge in [-0.3, -0.25) is 0 Å². The van der Waals surface area contributed by atoms with E-state index in [1.165, 1.54) is 18.4 Å². The fraction of sp³-hybridized carbons (Fsp3) is 0.500. The first-order valence-electron chi connectivity index (χ1n) is 5.23. The van der Waals surface area contributed by atoms with Crippen molar-refractivity contribution in [2.45, 2.75) is 32.7 Å². The highest BCUT2D eigenvalue weighted by Gasteiger charge is 2.03. The van der Waals surface area contributed by atoms with E-state index >= 15 is 0 Å². The maximum atomic E-state index is 3.51. The van der Waals surface area contributed by atoms with Crippen molar-refractivity contribution in [3.8, 4) is 0 Å². The van der Waals surface area contributed by atoms with Gasteiger partial charge in [0.2, 0.25) is 0 Å². The predicted molar refractivity (Wildman–Crippen MR) is 65.5 cm³/mol. The molecule has 0 saturated carbocycles. The fourth-order valence-corrected chi connectivity index (χ4v) is 1.81. The van der Waals surface area contributed by atoms with Crippen LogP contribution in [0.25, 0.3) is 0 Å². The van der Waals surface area contributed by atoms with Crippen LogP contribution in [-0.2, 0) is 0 Å². The number of benzene rings is 1. The Hall–Kier alpha value is -0.340. The van der Waals surface area contributed by atoms with Crippen LogP contribution in [-0.4, -0.2) is 6.54 Å². The van der Waals surface area contributed by atoms with Gasteiger partial charge in [0.1, 0.15) is 0 Å². The third-order valence-corrected chi connectivity index (χ3v) is 2.82. The molecule has 78 valence electrons. The van der Waals surface area contributed by atoms with Crippen molar-refractivity contribution < 1.29 is 0 Å². The van der Waals surface area contributed by atoms with Crippen molar-refractivity contribution in [3.05, 3.63) is 34.3 Å². The molecule has 0 heterocycles. The standard InChI is InChI=1S/C12H18BrN/c1-3-4-8-14-10(2)11-6-5-7-12(13)9-11/h5-7,9-10,14H,3-4,8H2,1-2H3/t10-/m1/s1. The minimum atomic E-state index is 0.444. The van der Waals surface area contributed by atoms with Crippen LogP contribution >= 0.6 is 15.9 Å². The third-order valence-electron chi connectivity index (χ3n) is 2.33. The molecule has 0 saturated heterocycles. The van der Waals surface area contributed by atoms with Gasteiger partial charge in [-0.25, -0.2) is 0 Å². The van der Waals surface area contributed by atoms with Gasteiger partial charge < -0.3 is 5.32 Å². The number of halogens is 1. The summed E-state index contributed by atoms with van der Waals surface area (Å²) in [5.74, 6) is 0. The number of rotatable bonds is 5. The van der Waals surface area contributed by atoms with Gasteiger partial charge in [0, 0.05) is 10.5 Å². The van der Waals surface area contributed by atoms with Gasteiger partial charge >= 0.3 is 0 Å². The number of nitrogens with one attached hydrogen (secondary N) is 1. The van der Waals surface area contributed by atoms with Gasteiger partial charge in [-0.2, -0.15) is 0 Å². The largest absolute Gasteiger partial charge is 0.310 e. The van der Waals surface area contributed by atoms with E-state index in [1.807, 2.05) is 0 Å². The molecule has 0 fully saturated rings. The lowest BCUT2D eigenvalue weighted by Crippen LogP contribution is -2.19. The minimum Gasteiger partial charge on any atom is -0.310 e. The summed E-state index contributed by atoms with van der Waals surface area (Å²) >= 11 is 3.48. The van der Waals surface area contributed by atoms with Crippen LogP contribution in [0.4, 0.5) is 0 Å². The molecule has 0 bridgehead atoms. The SMILES string of the molecule is CCCCN[C@H](C)c1cccc(Br)c1. The summed E-state index contributed by atoms with van der Waals surface area (Å²) in [6.07, 6.45) is 2.50. The molecular weight excluding hydrogens is 238 g/mol. The second-order valence-electron chi connectivity index (χ2n) is 3.58. The van der Waals surface area contributed by atoms with Crippen LogP contribution in [0.1, 0.15) is 38.3 Å². The quantitative estimate of drug-likeness (QED) is 0.788. The zero-order valence-corrected chi connectivity index (χ0v) is 10.5. The monoisotopic (exact) mass is 255 g/mol. The van der Waals surface area contributed by atoms with Gasteiger partial charge in [-0.1, -0.05) is 41.4 Å². The lowest BCUT2D eigenvalue weighted by atomic mass is 10.1. The molecule has 1 aromatic carbocycles. The predicted octanol–water partition coefficient (Wildman–Crippen LogP) is 3.90. The fourth-order valence-electron chi connectivity index (χ4n) is 1.39. The Kier molecular flexibility index (Phi) is 5.20. The average molecular weight is 256 g/mol. The van der Waals surface area contributed by atoms with E-state index in [4.69, 9.17) is 0 Å². The molecule has 0 aromatic heterocycles. The Labute approximate surface area is 95.0 Å². The molecule has 0 spiro atoms. The first-order valence-corrected chi connectivity index (χ1v) is 6.02. The van der Waals surface area contributed by atoms with Crippen LogP contribution < -0.4 is 5.32 Å². The Balaban J connectivity index is 2.47. The summed E-state index contributed by atoms with van der Waals surface area (Å²) in [6.45, 7) is 5.52. The molecule has 0 aliphatic carbocycles. The van der Waals surface area contributed by atoms with Crippen molar-refractivity contribution >= 4 is 15.9 Å². The first kappa shape index (κ1) is 11.7. The van der Waals surface area contributed by atoms with E-state index in [9.17, 15) is 0 Å². The van der Waals surface area contributed by atoms with Crippen molar-refractivity contribution in [3.63, 3.8) is 0 Å². The van der Waals surface area contributed by atoms with Crippen LogP contribution in [0.15, 0.2) is 28.7 Å². The zero-order chi connectivity index (χ0) is 10.4. The van der Waals surface area contributed by atoms with Crippen molar-refractivity contribution in [1.82, 2.24) is 5.32 Å². The number of hydrogen-bond acceptors (Lipinski definition) is 1. The topological polar surface area (TPSA) is 12.0 Å². The van der Waals surface area contributed by atoms with Crippen molar-refractivity contribution in [1.29, 1.82) is 0 Å². The number of unbranched alkanes of at least 4 members (excludes halogenated alkanes) is 1. The Morgan fingerprint density at radius 2 is 2.21 bits per heavy atom. The second kappa shape index (κ2) is 6.20. The molecule has 1 nitrogen and oxygen atoms in total. The molecule has 0 radical (unpaired) electrons. The summed E-state index contributed by atoms with van der Waals surface area (Å²) in [4.78, 5) is 0. The summed E-state index contributed by atoms with van der Waals surface area (Å²) in [5.41, 5.74) is 1.34. The Morgan fingerprint density at radius 3 is 2.86 bits per heavy atom. The zero-order valence-electron chi connectivity index (χ0n) is 8.89. The molecule has 0 amide bonds. The normalized spacial score (nSPS) is 12.8. The van der Waals surface area contributed by atoms with Gasteiger partial charge in [-0.15, -0.1) is 0 Å². The van der Waals surface area contributed by atoms with Gasteiger partial charge in [0.25, 0.3) is 0 Å². The Bertz CT molecular complexity index is 273. The summed E-state index contributed by atoms with van der Waals surface area (Å²) in [5, 5.41) is 3.51. The molecule has 0 unspecified atom stereocenters. The van der Waals surface area contributed by atoms with Crippen LogP contribution in [0.3, 0.4) is 0 Å². The maximum absolute atomic E-state index is 3.51. The highest BCUT2D eigenvalue weighted by molar-refractivity contribution is 9.10. The van der Waals surface area contributed by atoms with Crippen molar-refractivity contribution in [2.75, 3.05) is 6.54 Å². The van der Waals surface area contributed by atoms with E-state index in [-0.39, 0.29) is 0 Å². The highest BCUT2D eigenvalue weighted by atomic mass is 79.9. The molecule has 1 atom stereocenters. The van der Waals surface area contributed by atoms with Crippen LogP contribution in [0, 0.1) is 0 Å². The highest BCUT2D eigenvalue weighted by Crippen LogP contribution is 2.17. The summed E-state index contributed by atoms with van der Waals surface area (Å²) in [6, 6.07) is 8.91. The van der Waals surface area contributed by atoms with Gasteiger partial charge in [0.15, 0.2) is 0 Å². The van der Waals surface area contributed by atoms with Crippen molar-refractivity contribution in [2.24, 2.45) is 0 Å². The molecule has 2 heteroatoms. The van der Waals surface area contributed by atoms with Gasteiger partial charge in [0.05, 0.1) is 0 Å². The molecule has 1 N–H and O–H groups in total. The van der Waals surface area contributed by atoms with E-state index < -0.39 is 0 Å². The van der Waals surface area contributed by atoms with E-state index in [2.05, 4.69) is 59.4 Å². The smallest absolute Gasteiger partial charge is 0.0292 e. The molecule has 0 aliphatic heterocycles. The van der Waals surface area contributed by atoms with E-state index in [1.54, 1.807) is 0 Å². The molecule has 1 aromatic rings. The lowest BCUT2D eigenvalue weighted by Gasteiger charge is -2.14. The molecule has 1 rings (SSSR count). The van der Waals surface area contributed by atoms with Gasteiger partial charge in [-0.05, 0) is 37.6 Å². The minimum absolute atomic E-state index is 0.444. The third kappa shape index (κ3) is 3.81. The van der Waals surface area contributed by atoms with Crippen LogP contribution in [0.2, 0.25) is 0 Å². The lowest BCUT2D eigenvalue weighted by molar-refractivity contribution is 0.554. The van der Waals surface area contributed by atoms with Crippen LogP contribution in [0.5, 0.6) is 0 Å². The molecular formula is C12H18BrN.